The van der Waals surface area contributed by atoms with Crippen molar-refractivity contribution < 1.29 is 23.8 Å². The van der Waals surface area contributed by atoms with Crippen LogP contribution in [0.1, 0.15) is 20.3 Å². The minimum Gasteiger partial charge on any atom is -0.482 e. The first-order valence-corrected chi connectivity index (χ1v) is 6.89. The van der Waals surface area contributed by atoms with E-state index in [4.69, 9.17) is 14.2 Å². The molecule has 1 aliphatic rings. The van der Waals surface area contributed by atoms with Crippen molar-refractivity contribution in [1.29, 1.82) is 0 Å². The van der Waals surface area contributed by atoms with Gasteiger partial charge in [0, 0.05) is 6.07 Å². The number of hydrogen-bond donors (Lipinski definition) is 1. The predicted molar refractivity (Wildman–Crippen MR) is 76.5 cm³/mol. The highest BCUT2D eigenvalue weighted by atomic mass is 16.6. The summed E-state index contributed by atoms with van der Waals surface area (Å²) in [6, 6.07) is 4.99. The largest absolute Gasteiger partial charge is 0.482 e. The fourth-order valence-corrected chi connectivity index (χ4v) is 1.74. The van der Waals surface area contributed by atoms with Crippen LogP contribution in [0, 0.1) is 5.92 Å². The van der Waals surface area contributed by atoms with Gasteiger partial charge in [-0.1, -0.05) is 13.8 Å². The van der Waals surface area contributed by atoms with Crippen LogP contribution in [-0.2, 0) is 14.3 Å². The Morgan fingerprint density at radius 3 is 3.00 bits per heavy atom. The van der Waals surface area contributed by atoms with E-state index < -0.39 is 5.97 Å². The summed E-state index contributed by atoms with van der Waals surface area (Å²) in [4.78, 5) is 22.7. The number of amides is 1. The maximum atomic E-state index is 11.5. The number of fused-ring (bicyclic) bond motifs is 1. The van der Waals surface area contributed by atoms with E-state index in [1.165, 1.54) is 0 Å². The minimum atomic E-state index is -0.409. The van der Waals surface area contributed by atoms with Gasteiger partial charge in [0.25, 0.3) is 5.91 Å². The molecule has 114 valence electrons. The molecule has 21 heavy (non-hydrogen) atoms. The Bertz CT molecular complexity index is 527. The zero-order chi connectivity index (χ0) is 15.2. The molecule has 0 fully saturated rings. The average Bonchev–Trinajstić information content (AvgIpc) is 2.44. The number of carbonyl (C=O) groups excluding carboxylic acids is 2. The van der Waals surface area contributed by atoms with Crippen molar-refractivity contribution in [2.75, 3.05) is 25.1 Å². The molecule has 6 nitrogen and oxygen atoms in total. The quantitative estimate of drug-likeness (QED) is 0.812. The number of ether oxygens (including phenoxy) is 3. The number of carbonyl (C=O) groups is 2. The molecule has 1 aromatic carbocycles. The number of benzene rings is 1. The second-order valence-corrected chi connectivity index (χ2v) is 5.19. The molecule has 0 aromatic heterocycles. The zero-order valence-corrected chi connectivity index (χ0v) is 12.2. The average molecular weight is 293 g/mol. The molecule has 0 atom stereocenters. The lowest BCUT2D eigenvalue weighted by atomic mass is 10.1. The highest BCUT2D eigenvalue weighted by Crippen LogP contribution is 2.31. The van der Waals surface area contributed by atoms with Gasteiger partial charge in [0.1, 0.15) is 11.5 Å². The van der Waals surface area contributed by atoms with Crippen LogP contribution in [0.4, 0.5) is 5.69 Å². The van der Waals surface area contributed by atoms with Gasteiger partial charge in [0.2, 0.25) is 0 Å². The summed E-state index contributed by atoms with van der Waals surface area (Å²) in [5.74, 6) is 0.922. The summed E-state index contributed by atoms with van der Waals surface area (Å²) in [5.41, 5.74) is 0.539. The Hall–Kier alpha value is -2.24. The van der Waals surface area contributed by atoms with Crippen LogP contribution < -0.4 is 14.8 Å². The first-order chi connectivity index (χ1) is 10.0. The van der Waals surface area contributed by atoms with Crippen LogP contribution in [-0.4, -0.2) is 31.7 Å². The lowest BCUT2D eigenvalue weighted by molar-refractivity contribution is -0.146. The van der Waals surface area contributed by atoms with Gasteiger partial charge >= 0.3 is 5.97 Å². The normalized spacial score (nSPS) is 13.2. The van der Waals surface area contributed by atoms with Crippen molar-refractivity contribution in [1.82, 2.24) is 0 Å². The van der Waals surface area contributed by atoms with Crippen LogP contribution in [0.15, 0.2) is 18.2 Å². The Labute approximate surface area is 123 Å². The molecule has 0 radical (unpaired) electrons. The van der Waals surface area contributed by atoms with Gasteiger partial charge in [-0.05, 0) is 24.5 Å². The molecule has 0 spiro atoms. The van der Waals surface area contributed by atoms with Crippen LogP contribution in [0.2, 0.25) is 0 Å². The number of nitrogens with one attached hydrogen (secondary N) is 1. The monoisotopic (exact) mass is 293 g/mol. The first-order valence-electron chi connectivity index (χ1n) is 6.89. The minimum absolute atomic E-state index is 0.00931. The molecule has 0 unspecified atom stereocenters. The van der Waals surface area contributed by atoms with Gasteiger partial charge in [0.15, 0.2) is 13.2 Å². The molecule has 0 saturated carbocycles. The molecular formula is C15H19NO5. The summed E-state index contributed by atoms with van der Waals surface area (Å²) < 4.78 is 15.6. The van der Waals surface area contributed by atoms with Gasteiger partial charge in [-0.15, -0.1) is 0 Å². The standard InChI is InChI=1S/C15H19NO5/c1-10(2)5-6-19-15(18)9-20-11-3-4-13-12(7-11)16-14(17)8-21-13/h3-4,7,10H,5-6,8-9H2,1-2H3,(H,16,17). The highest BCUT2D eigenvalue weighted by Gasteiger charge is 2.16. The van der Waals surface area contributed by atoms with E-state index in [9.17, 15) is 9.59 Å². The summed E-state index contributed by atoms with van der Waals surface area (Å²) in [6.07, 6.45) is 0.827. The van der Waals surface area contributed by atoms with Gasteiger partial charge < -0.3 is 19.5 Å². The molecule has 6 heteroatoms. The van der Waals surface area contributed by atoms with Gasteiger partial charge in [-0.2, -0.15) is 0 Å². The summed E-state index contributed by atoms with van der Waals surface area (Å²) in [6.45, 7) is 4.37. The van der Waals surface area contributed by atoms with E-state index in [0.717, 1.165) is 6.42 Å². The van der Waals surface area contributed by atoms with E-state index in [1.54, 1.807) is 18.2 Å². The first kappa shape index (κ1) is 15.2. The lowest BCUT2D eigenvalue weighted by Crippen LogP contribution is -2.25. The van der Waals surface area contributed by atoms with Crippen molar-refractivity contribution in [3.05, 3.63) is 18.2 Å². The van der Waals surface area contributed by atoms with E-state index >= 15 is 0 Å². The van der Waals surface area contributed by atoms with Crippen molar-refractivity contribution in [2.24, 2.45) is 5.92 Å². The molecular weight excluding hydrogens is 274 g/mol. The topological polar surface area (TPSA) is 73.9 Å². The van der Waals surface area contributed by atoms with E-state index in [1.807, 2.05) is 0 Å². The van der Waals surface area contributed by atoms with Gasteiger partial charge in [-0.25, -0.2) is 4.79 Å². The molecule has 0 bridgehead atoms. The molecule has 1 aromatic rings. The maximum absolute atomic E-state index is 11.5. The fraction of sp³-hybridized carbons (Fsp3) is 0.467. The van der Waals surface area contributed by atoms with E-state index in [2.05, 4.69) is 19.2 Å². The molecule has 1 heterocycles. The third kappa shape index (κ3) is 4.66. The molecule has 0 saturated heterocycles. The Kier molecular flexibility index (Phi) is 5.03. The lowest BCUT2D eigenvalue weighted by Gasteiger charge is -2.18. The molecule has 0 aliphatic carbocycles. The Morgan fingerprint density at radius 2 is 2.24 bits per heavy atom. The smallest absolute Gasteiger partial charge is 0.344 e. The van der Waals surface area contributed by atoms with Crippen molar-refractivity contribution in [2.45, 2.75) is 20.3 Å². The SMILES string of the molecule is CC(C)CCOC(=O)COc1ccc2c(c1)NC(=O)CO2. The van der Waals surface area contributed by atoms with Crippen LogP contribution in [0.25, 0.3) is 0 Å². The Balaban J connectivity index is 1.82. The van der Waals surface area contributed by atoms with Gasteiger partial charge in [-0.3, -0.25) is 4.79 Å². The van der Waals surface area contributed by atoms with Crippen molar-refractivity contribution in [3.63, 3.8) is 0 Å². The molecule has 1 amide bonds. The van der Waals surface area contributed by atoms with Gasteiger partial charge in [0.05, 0.1) is 12.3 Å². The second kappa shape index (κ2) is 6.97. The van der Waals surface area contributed by atoms with Crippen LogP contribution >= 0.6 is 0 Å². The third-order valence-electron chi connectivity index (χ3n) is 2.90. The number of hydrogen-bond acceptors (Lipinski definition) is 5. The Morgan fingerprint density at radius 1 is 1.43 bits per heavy atom. The van der Waals surface area contributed by atoms with Crippen molar-refractivity contribution in [3.8, 4) is 11.5 Å². The summed E-state index contributed by atoms with van der Waals surface area (Å²) in [7, 11) is 0. The van der Waals surface area contributed by atoms with E-state index in [0.29, 0.717) is 29.7 Å². The van der Waals surface area contributed by atoms with Crippen LogP contribution in [0.3, 0.4) is 0 Å². The molecule has 1 aliphatic heterocycles. The summed E-state index contributed by atoms with van der Waals surface area (Å²) >= 11 is 0. The van der Waals surface area contributed by atoms with Crippen LogP contribution in [0.5, 0.6) is 11.5 Å². The highest BCUT2D eigenvalue weighted by molar-refractivity contribution is 5.95. The van der Waals surface area contributed by atoms with Crippen molar-refractivity contribution >= 4 is 17.6 Å². The molecule has 2 rings (SSSR count). The summed E-state index contributed by atoms with van der Waals surface area (Å²) in [5, 5.41) is 2.67. The second-order valence-electron chi connectivity index (χ2n) is 5.19. The third-order valence-corrected chi connectivity index (χ3v) is 2.90. The number of rotatable bonds is 6. The number of esters is 1. The molecule has 1 N–H and O–H groups in total. The predicted octanol–water partition coefficient (Wildman–Crippen LogP) is 1.99. The van der Waals surface area contributed by atoms with E-state index in [-0.39, 0.29) is 19.1 Å². The fourth-order valence-electron chi connectivity index (χ4n) is 1.74. The maximum Gasteiger partial charge on any atom is 0.344 e. The zero-order valence-electron chi connectivity index (χ0n) is 12.2. The number of anilines is 1.